The monoisotopic (exact) mass is 335 g/mol. The van der Waals surface area contributed by atoms with Crippen molar-refractivity contribution >= 4 is 11.6 Å². The summed E-state index contributed by atoms with van der Waals surface area (Å²) in [7, 11) is 4.03. The lowest BCUT2D eigenvalue weighted by atomic mass is 10.1. The number of anilines is 1. The molecule has 0 bridgehead atoms. The Morgan fingerprint density at radius 3 is 2.56 bits per heavy atom. The first-order valence-electron chi connectivity index (χ1n) is 8.06. The number of aromatic nitrogens is 3. The number of rotatable bonds is 5. The van der Waals surface area contributed by atoms with Gasteiger partial charge in [-0.1, -0.05) is 24.3 Å². The summed E-state index contributed by atoms with van der Waals surface area (Å²) in [6, 6.07) is 15.1. The van der Waals surface area contributed by atoms with E-state index in [1.807, 2.05) is 69.6 Å². The van der Waals surface area contributed by atoms with Crippen LogP contribution in [0.15, 0.2) is 48.5 Å². The zero-order valence-electron chi connectivity index (χ0n) is 14.6. The van der Waals surface area contributed by atoms with Gasteiger partial charge in [0, 0.05) is 23.4 Å². The van der Waals surface area contributed by atoms with Gasteiger partial charge in [0.1, 0.15) is 5.82 Å². The van der Waals surface area contributed by atoms with Crippen LogP contribution in [0, 0.1) is 6.92 Å². The number of carbonyl (C=O) groups excluding carboxylic acids is 1. The maximum absolute atomic E-state index is 12.4. The van der Waals surface area contributed by atoms with Gasteiger partial charge < -0.3 is 10.2 Å². The van der Waals surface area contributed by atoms with Crippen molar-refractivity contribution in [2.45, 2.75) is 13.5 Å². The average Bonchev–Trinajstić information content (AvgIpc) is 3.02. The first-order valence-corrected chi connectivity index (χ1v) is 8.06. The first-order chi connectivity index (χ1) is 12.0. The molecule has 3 rings (SSSR count). The lowest BCUT2D eigenvalue weighted by molar-refractivity contribution is 0.102. The molecule has 0 radical (unpaired) electrons. The zero-order chi connectivity index (χ0) is 17.8. The van der Waals surface area contributed by atoms with Gasteiger partial charge in [0.2, 0.25) is 0 Å². The molecule has 6 nitrogen and oxygen atoms in total. The Balaban J connectivity index is 1.72. The number of nitrogens with one attached hydrogen (secondary N) is 2. The Morgan fingerprint density at radius 1 is 1.16 bits per heavy atom. The molecule has 3 aromatic rings. The summed E-state index contributed by atoms with van der Waals surface area (Å²) in [6.07, 6.45) is 0. The van der Waals surface area contributed by atoms with Crippen LogP contribution in [0.25, 0.3) is 11.4 Å². The van der Waals surface area contributed by atoms with E-state index >= 15 is 0 Å². The van der Waals surface area contributed by atoms with E-state index in [4.69, 9.17) is 0 Å². The van der Waals surface area contributed by atoms with Crippen LogP contribution in [0.3, 0.4) is 0 Å². The minimum Gasteiger partial charge on any atom is -0.322 e. The molecule has 0 aliphatic heterocycles. The molecule has 6 heteroatoms. The summed E-state index contributed by atoms with van der Waals surface area (Å²) in [5.41, 5.74) is 3.36. The molecule has 0 atom stereocenters. The first kappa shape index (κ1) is 16.9. The average molecular weight is 335 g/mol. The lowest BCUT2D eigenvalue weighted by Crippen LogP contribution is -2.13. The number of amides is 1. The van der Waals surface area contributed by atoms with E-state index in [1.54, 1.807) is 0 Å². The van der Waals surface area contributed by atoms with Crippen molar-refractivity contribution in [1.29, 1.82) is 0 Å². The van der Waals surface area contributed by atoms with Gasteiger partial charge >= 0.3 is 0 Å². The minimum atomic E-state index is -0.139. The molecule has 2 N–H and O–H groups in total. The van der Waals surface area contributed by atoms with Crippen LogP contribution >= 0.6 is 0 Å². The summed E-state index contributed by atoms with van der Waals surface area (Å²) in [5, 5.41) is 9.89. The number of nitrogens with zero attached hydrogens (tertiary/aromatic N) is 3. The fourth-order valence-electron chi connectivity index (χ4n) is 2.54. The molecule has 1 amide bonds. The van der Waals surface area contributed by atoms with Crippen molar-refractivity contribution in [1.82, 2.24) is 20.1 Å². The predicted molar refractivity (Wildman–Crippen MR) is 98.3 cm³/mol. The number of benzene rings is 2. The van der Waals surface area contributed by atoms with E-state index in [9.17, 15) is 4.79 Å². The highest BCUT2D eigenvalue weighted by Crippen LogP contribution is 2.20. The Kier molecular flexibility index (Phi) is 4.90. The van der Waals surface area contributed by atoms with Crippen LogP contribution in [-0.2, 0) is 6.54 Å². The molecule has 25 heavy (non-hydrogen) atoms. The van der Waals surface area contributed by atoms with Crippen LogP contribution in [0.5, 0.6) is 0 Å². The molecule has 128 valence electrons. The molecule has 0 spiro atoms. The van der Waals surface area contributed by atoms with E-state index in [0.29, 0.717) is 17.1 Å². The summed E-state index contributed by atoms with van der Waals surface area (Å²) in [5.74, 6) is 1.23. The SMILES string of the molecule is Cc1nc(-c2cccc(NC(=O)c3ccc(CN(C)C)cc3)c2)n[nH]1. The summed E-state index contributed by atoms with van der Waals surface area (Å²) in [4.78, 5) is 18.8. The fraction of sp³-hybridized carbons (Fsp3) is 0.211. The third kappa shape index (κ3) is 4.30. The third-order valence-corrected chi connectivity index (χ3v) is 3.69. The molecular weight excluding hydrogens is 314 g/mol. The van der Waals surface area contributed by atoms with Gasteiger partial charge in [-0.3, -0.25) is 9.89 Å². The molecule has 0 unspecified atom stereocenters. The summed E-state index contributed by atoms with van der Waals surface area (Å²) in [6.45, 7) is 2.70. The minimum absolute atomic E-state index is 0.139. The highest BCUT2D eigenvalue weighted by molar-refractivity contribution is 6.04. The quantitative estimate of drug-likeness (QED) is 0.751. The van der Waals surface area contributed by atoms with E-state index < -0.39 is 0 Å². The highest BCUT2D eigenvalue weighted by atomic mass is 16.1. The normalized spacial score (nSPS) is 10.9. The Bertz CT molecular complexity index is 868. The van der Waals surface area contributed by atoms with Gasteiger partial charge in [0.25, 0.3) is 5.91 Å². The standard InChI is InChI=1S/C19H21N5O/c1-13-20-18(23-22-13)16-5-4-6-17(11-16)21-19(25)15-9-7-14(8-10-15)12-24(2)3/h4-11H,12H2,1-3H3,(H,21,25)(H,20,22,23). The van der Waals surface area contributed by atoms with Crippen LogP contribution < -0.4 is 5.32 Å². The molecule has 0 aliphatic rings. The van der Waals surface area contributed by atoms with Crippen LogP contribution in [0.2, 0.25) is 0 Å². The van der Waals surface area contributed by atoms with Crippen molar-refractivity contribution in [3.8, 4) is 11.4 Å². The molecule has 1 aromatic heterocycles. The van der Waals surface area contributed by atoms with Gasteiger partial charge in [0.05, 0.1) is 0 Å². The van der Waals surface area contributed by atoms with Crippen molar-refractivity contribution in [2.24, 2.45) is 0 Å². The molecule has 0 fully saturated rings. The van der Waals surface area contributed by atoms with Crippen molar-refractivity contribution < 1.29 is 4.79 Å². The Labute approximate surface area is 146 Å². The zero-order valence-corrected chi connectivity index (χ0v) is 14.6. The van der Waals surface area contributed by atoms with Gasteiger partial charge in [-0.2, -0.15) is 5.10 Å². The topological polar surface area (TPSA) is 73.9 Å². The molecule has 1 heterocycles. The van der Waals surface area contributed by atoms with E-state index in [0.717, 1.165) is 17.9 Å². The van der Waals surface area contributed by atoms with Gasteiger partial charge in [-0.05, 0) is 50.8 Å². The van der Waals surface area contributed by atoms with E-state index in [1.165, 1.54) is 5.56 Å². The molecule has 0 aliphatic carbocycles. The largest absolute Gasteiger partial charge is 0.322 e. The second kappa shape index (κ2) is 7.27. The predicted octanol–water partition coefficient (Wildman–Crippen LogP) is 3.09. The smallest absolute Gasteiger partial charge is 0.255 e. The van der Waals surface area contributed by atoms with Crippen molar-refractivity contribution in [3.05, 3.63) is 65.5 Å². The van der Waals surface area contributed by atoms with Gasteiger partial charge in [-0.15, -0.1) is 0 Å². The number of hydrogen-bond acceptors (Lipinski definition) is 4. The molecule has 2 aromatic carbocycles. The molecule has 0 saturated heterocycles. The second-order valence-corrected chi connectivity index (χ2v) is 6.21. The van der Waals surface area contributed by atoms with E-state index in [-0.39, 0.29) is 5.91 Å². The highest BCUT2D eigenvalue weighted by Gasteiger charge is 2.09. The second-order valence-electron chi connectivity index (χ2n) is 6.21. The van der Waals surface area contributed by atoms with Crippen molar-refractivity contribution in [2.75, 3.05) is 19.4 Å². The van der Waals surface area contributed by atoms with Gasteiger partial charge in [0.15, 0.2) is 5.82 Å². The molecular formula is C19H21N5O. The number of aryl methyl sites for hydroxylation is 1. The number of hydrogen-bond donors (Lipinski definition) is 2. The van der Waals surface area contributed by atoms with Crippen LogP contribution in [-0.4, -0.2) is 40.1 Å². The van der Waals surface area contributed by atoms with Crippen LogP contribution in [0.4, 0.5) is 5.69 Å². The van der Waals surface area contributed by atoms with E-state index in [2.05, 4.69) is 25.4 Å². The Morgan fingerprint density at radius 2 is 1.92 bits per heavy atom. The fourth-order valence-corrected chi connectivity index (χ4v) is 2.54. The van der Waals surface area contributed by atoms with Gasteiger partial charge in [-0.25, -0.2) is 4.98 Å². The number of H-pyrrole nitrogens is 1. The lowest BCUT2D eigenvalue weighted by Gasteiger charge is -2.10. The summed E-state index contributed by atoms with van der Waals surface area (Å²) < 4.78 is 0. The number of aromatic amines is 1. The maximum atomic E-state index is 12.4. The Hall–Kier alpha value is -2.99. The summed E-state index contributed by atoms with van der Waals surface area (Å²) >= 11 is 0. The molecule has 0 saturated carbocycles. The maximum Gasteiger partial charge on any atom is 0.255 e. The van der Waals surface area contributed by atoms with Crippen LogP contribution in [0.1, 0.15) is 21.7 Å². The van der Waals surface area contributed by atoms with Crippen molar-refractivity contribution in [3.63, 3.8) is 0 Å². The number of carbonyl (C=O) groups is 1. The third-order valence-electron chi connectivity index (χ3n) is 3.69.